The average Bonchev–Trinajstić information content (AvgIpc) is 2.42. The smallest absolute Gasteiger partial charge is 0.223 e. The predicted molar refractivity (Wildman–Crippen MR) is 74.3 cm³/mol. The van der Waals surface area contributed by atoms with E-state index in [-0.39, 0.29) is 17.7 Å². The third-order valence-corrected chi connectivity index (χ3v) is 3.76. The van der Waals surface area contributed by atoms with Crippen molar-refractivity contribution in [2.24, 2.45) is 17.4 Å². The van der Waals surface area contributed by atoms with Crippen LogP contribution in [0.5, 0.6) is 0 Å². The van der Waals surface area contributed by atoms with Gasteiger partial charge < -0.3 is 21.3 Å². The highest BCUT2D eigenvalue weighted by Gasteiger charge is 2.23. The van der Waals surface area contributed by atoms with Gasteiger partial charge in [0.25, 0.3) is 0 Å². The number of nitrogens with two attached hydrogens (primary N) is 2. The van der Waals surface area contributed by atoms with Gasteiger partial charge in [-0.1, -0.05) is 0 Å². The van der Waals surface area contributed by atoms with Crippen molar-refractivity contribution in [3.05, 3.63) is 0 Å². The summed E-state index contributed by atoms with van der Waals surface area (Å²) < 4.78 is 0. The monoisotopic (exact) mass is 270 g/mol. The molecule has 6 heteroatoms. The maximum Gasteiger partial charge on any atom is 0.223 e. The van der Waals surface area contributed by atoms with Crippen LogP contribution in [0, 0.1) is 5.92 Å². The Balaban J connectivity index is 2.19. The molecule has 0 bridgehead atoms. The van der Waals surface area contributed by atoms with Gasteiger partial charge in [-0.05, 0) is 38.9 Å². The molecule has 1 saturated heterocycles. The van der Waals surface area contributed by atoms with Crippen LogP contribution in [0.1, 0.15) is 25.7 Å². The van der Waals surface area contributed by atoms with Crippen LogP contribution in [0.3, 0.4) is 0 Å². The van der Waals surface area contributed by atoms with Crippen molar-refractivity contribution in [1.29, 1.82) is 0 Å². The second-order valence-corrected chi connectivity index (χ2v) is 5.23. The lowest BCUT2D eigenvalue weighted by molar-refractivity contribution is -0.130. The summed E-state index contributed by atoms with van der Waals surface area (Å²) in [5, 5.41) is 0. The molecule has 0 aromatic rings. The van der Waals surface area contributed by atoms with Gasteiger partial charge in [-0.2, -0.15) is 0 Å². The molecule has 19 heavy (non-hydrogen) atoms. The fourth-order valence-electron chi connectivity index (χ4n) is 2.34. The van der Waals surface area contributed by atoms with Gasteiger partial charge in [-0.3, -0.25) is 9.59 Å². The number of piperidine rings is 1. The summed E-state index contributed by atoms with van der Waals surface area (Å²) in [6.07, 6.45) is 2.99. The van der Waals surface area contributed by atoms with Crippen LogP contribution in [0.2, 0.25) is 0 Å². The topological polar surface area (TPSA) is 92.7 Å². The Morgan fingerprint density at radius 3 is 2.47 bits per heavy atom. The first kappa shape index (κ1) is 15.9. The van der Waals surface area contributed by atoms with E-state index in [1.807, 2.05) is 7.05 Å². The standard InChI is InChI=1S/C13H26N4O2/c1-16(7-2-6-14)12(18)5-10-17-8-3-11(4-9-17)13(15)19/h11H,2-10,14H2,1H3,(H2,15,19). The fraction of sp³-hybridized carbons (Fsp3) is 0.846. The summed E-state index contributed by atoms with van der Waals surface area (Å²) in [4.78, 5) is 26.9. The van der Waals surface area contributed by atoms with Crippen LogP contribution in [0.25, 0.3) is 0 Å². The van der Waals surface area contributed by atoms with Crippen LogP contribution in [-0.2, 0) is 9.59 Å². The van der Waals surface area contributed by atoms with Gasteiger partial charge in [-0.25, -0.2) is 0 Å². The summed E-state index contributed by atoms with van der Waals surface area (Å²) in [6, 6.07) is 0. The molecule has 1 fully saturated rings. The van der Waals surface area contributed by atoms with Gasteiger partial charge in [-0.15, -0.1) is 0 Å². The first-order valence-corrected chi connectivity index (χ1v) is 7.00. The van der Waals surface area contributed by atoms with Crippen molar-refractivity contribution in [3.63, 3.8) is 0 Å². The molecule has 0 aromatic carbocycles. The third-order valence-electron chi connectivity index (χ3n) is 3.76. The van der Waals surface area contributed by atoms with Crippen LogP contribution in [0.4, 0.5) is 0 Å². The van der Waals surface area contributed by atoms with E-state index in [1.165, 1.54) is 0 Å². The fourth-order valence-corrected chi connectivity index (χ4v) is 2.34. The van der Waals surface area contributed by atoms with Crippen LogP contribution >= 0.6 is 0 Å². The number of hydrogen-bond acceptors (Lipinski definition) is 4. The summed E-state index contributed by atoms with van der Waals surface area (Å²) in [5.41, 5.74) is 10.7. The Morgan fingerprint density at radius 2 is 1.95 bits per heavy atom. The Hall–Kier alpha value is -1.14. The highest BCUT2D eigenvalue weighted by Crippen LogP contribution is 2.16. The van der Waals surface area contributed by atoms with Crippen molar-refractivity contribution in [1.82, 2.24) is 9.80 Å². The number of primary amides is 1. The number of carbonyl (C=O) groups is 2. The maximum atomic E-state index is 11.8. The molecule has 1 rings (SSSR count). The van der Waals surface area contributed by atoms with E-state index in [0.717, 1.165) is 45.4 Å². The molecule has 0 saturated carbocycles. The van der Waals surface area contributed by atoms with Gasteiger partial charge in [0.05, 0.1) is 0 Å². The molecule has 0 aromatic heterocycles. The first-order valence-electron chi connectivity index (χ1n) is 7.00. The molecular weight excluding hydrogens is 244 g/mol. The van der Waals surface area contributed by atoms with Gasteiger partial charge >= 0.3 is 0 Å². The normalized spacial score (nSPS) is 17.4. The van der Waals surface area contributed by atoms with Crippen molar-refractivity contribution in [2.45, 2.75) is 25.7 Å². The van der Waals surface area contributed by atoms with E-state index >= 15 is 0 Å². The lowest BCUT2D eigenvalue weighted by Gasteiger charge is -2.30. The van der Waals surface area contributed by atoms with Crippen molar-refractivity contribution in [3.8, 4) is 0 Å². The van der Waals surface area contributed by atoms with E-state index in [2.05, 4.69) is 4.90 Å². The Bertz CT molecular complexity index is 301. The molecule has 4 N–H and O–H groups in total. The van der Waals surface area contributed by atoms with Gasteiger partial charge in [0.2, 0.25) is 11.8 Å². The van der Waals surface area contributed by atoms with Gasteiger partial charge in [0, 0.05) is 32.5 Å². The molecule has 1 aliphatic heterocycles. The van der Waals surface area contributed by atoms with Crippen molar-refractivity contribution < 1.29 is 9.59 Å². The molecule has 1 aliphatic rings. The van der Waals surface area contributed by atoms with Crippen LogP contribution < -0.4 is 11.5 Å². The number of hydrogen-bond donors (Lipinski definition) is 2. The molecule has 0 spiro atoms. The van der Waals surface area contributed by atoms with E-state index in [4.69, 9.17) is 11.5 Å². The molecule has 0 radical (unpaired) electrons. The van der Waals surface area contributed by atoms with Crippen molar-refractivity contribution >= 4 is 11.8 Å². The molecule has 0 atom stereocenters. The molecular formula is C13H26N4O2. The zero-order chi connectivity index (χ0) is 14.3. The summed E-state index contributed by atoms with van der Waals surface area (Å²) in [7, 11) is 1.82. The molecule has 2 amide bonds. The minimum atomic E-state index is -0.197. The zero-order valence-electron chi connectivity index (χ0n) is 11.8. The Morgan fingerprint density at radius 1 is 1.32 bits per heavy atom. The summed E-state index contributed by atoms with van der Waals surface area (Å²) in [6.45, 7) is 3.80. The number of nitrogens with zero attached hydrogens (tertiary/aromatic N) is 2. The van der Waals surface area contributed by atoms with Gasteiger partial charge in [0.15, 0.2) is 0 Å². The van der Waals surface area contributed by atoms with E-state index in [0.29, 0.717) is 13.0 Å². The van der Waals surface area contributed by atoms with Crippen LogP contribution in [-0.4, -0.2) is 61.4 Å². The number of amides is 2. The third kappa shape index (κ3) is 5.57. The van der Waals surface area contributed by atoms with Crippen LogP contribution in [0.15, 0.2) is 0 Å². The molecule has 0 unspecified atom stereocenters. The Kier molecular flexibility index (Phi) is 6.80. The average molecular weight is 270 g/mol. The maximum absolute atomic E-state index is 11.8. The van der Waals surface area contributed by atoms with Crippen molar-refractivity contribution in [2.75, 3.05) is 39.8 Å². The minimum Gasteiger partial charge on any atom is -0.369 e. The Labute approximate surface area is 115 Å². The molecule has 0 aliphatic carbocycles. The highest BCUT2D eigenvalue weighted by molar-refractivity contribution is 5.77. The highest BCUT2D eigenvalue weighted by atomic mass is 16.2. The molecule has 6 nitrogen and oxygen atoms in total. The first-order chi connectivity index (χ1) is 9.04. The number of likely N-dealkylation sites (tertiary alicyclic amines) is 1. The quantitative estimate of drug-likeness (QED) is 0.645. The van der Waals surface area contributed by atoms with E-state index in [9.17, 15) is 9.59 Å². The number of carbonyl (C=O) groups excluding carboxylic acids is 2. The second-order valence-electron chi connectivity index (χ2n) is 5.23. The van der Waals surface area contributed by atoms with E-state index in [1.54, 1.807) is 4.90 Å². The predicted octanol–water partition coefficient (Wildman–Crippen LogP) is -0.619. The second kappa shape index (κ2) is 8.12. The van der Waals surface area contributed by atoms with E-state index < -0.39 is 0 Å². The molecule has 110 valence electrons. The summed E-state index contributed by atoms with van der Waals surface area (Å²) >= 11 is 0. The minimum absolute atomic E-state index is 0.0131. The SMILES string of the molecule is CN(CCCN)C(=O)CCN1CCC(C(N)=O)CC1. The number of rotatable bonds is 7. The molecule has 1 heterocycles. The summed E-state index contributed by atoms with van der Waals surface area (Å²) in [5.74, 6) is -0.0260. The largest absolute Gasteiger partial charge is 0.369 e. The lowest BCUT2D eigenvalue weighted by atomic mass is 9.96. The lowest BCUT2D eigenvalue weighted by Crippen LogP contribution is -2.40. The zero-order valence-corrected chi connectivity index (χ0v) is 11.8. The van der Waals surface area contributed by atoms with Gasteiger partial charge in [0.1, 0.15) is 0 Å².